The number of aromatic nitrogens is 1. The van der Waals surface area contributed by atoms with Crippen molar-refractivity contribution >= 4 is 41.5 Å². The molecule has 2 N–H and O–H groups in total. The summed E-state index contributed by atoms with van der Waals surface area (Å²) in [6.45, 7) is 2.87. The number of benzene rings is 1. The topological polar surface area (TPSA) is 52.6 Å². The maximum absolute atomic E-state index is 12.7. The molecule has 1 aliphatic rings. The molecule has 1 fully saturated rings. The Morgan fingerprint density at radius 1 is 1.20 bits per heavy atom. The first-order chi connectivity index (χ1) is 13.8. The van der Waals surface area contributed by atoms with Crippen LogP contribution in [0.5, 0.6) is 0 Å². The molecule has 0 amide bonds. The fourth-order valence-electron chi connectivity index (χ4n) is 3.24. The van der Waals surface area contributed by atoms with E-state index in [0.29, 0.717) is 24.2 Å². The van der Waals surface area contributed by atoms with E-state index in [1.165, 1.54) is 0 Å². The van der Waals surface area contributed by atoms with Gasteiger partial charge in [-0.05, 0) is 35.7 Å². The quantitative estimate of drug-likeness (QED) is 0.251. The molecule has 1 unspecified atom stereocenters. The van der Waals surface area contributed by atoms with Crippen LogP contribution in [-0.4, -0.2) is 42.0 Å². The van der Waals surface area contributed by atoms with Crippen LogP contribution in [0.2, 0.25) is 5.15 Å². The standard InChI is InChI=1S/C20H23ClF3N5.HI/c1-25-19(27-11-15-4-7-18(21)26-10-15)28-17-8-9-29(13-17)12-14-2-5-16(6-3-14)20(22,23)24;/h2-7,10,17H,8-9,11-13H2,1H3,(H2,25,27,28);1H. The molecule has 1 aliphatic heterocycles. The Kier molecular flexibility index (Phi) is 9.17. The Bertz CT molecular complexity index is 828. The van der Waals surface area contributed by atoms with E-state index in [9.17, 15) is 13.2 Å². The van der Waals surface area contributed by atoms with Gasteiger partial charge in [-0.1, -0.05) is 29.8 Å². The molecule has 2 aromatic rings. The van der Waals surface area contributed by atoms with Crippen LogP contribution in [-0.2, 0) is 19.3 Å². The first kappa shape index (κ1) is 24.7. The number of hydrogen-bond acceptors (Lipinski definition) is 3. The lowest BCUT2D eigenvalue weighted by Crippen LogP contribution is -2.44. The van der Waals surface area contributed by atoms with Gasteiger partial charge in [-0.3, -0.25) is 9.89 Å². The van der Waals surface area contributed by atoms with Crippen molar-refractivity contribution in [2.24, 2.45) is 4.99 Å². The number of pyridine rings is 1. The van der Waals surface area contributed by atoms with Gasteiger partial charge in [0.1, 0.15) is 5.15 Å². The van der Waals surface area contributed by atoms with Gasteiger partial charge in [0.05, 0.1) is 5.56 Å². The molecule has 164 valence electrons. The fourth-order valence-corrected chi connectivity index (χ4v) is 3.35. The zero-order chi connectivity index (χ0) is 20.9. The number of alkyl halides is 3. The molecule has 1 saturated heterocycles. The van der Waals surface area contributed by atoms with Crippen LogP contribution in [0, 0.1) is 0 Å². The van der Waals surface area contributed by atoms with Crippen molar-refractivity contribution < 1.29 is 13.2 Å². The number of likely N-dealkylation sites (tertiary alicyclic amines) is 1. The highest BCUT2D eigenvalue weighted by Gasteiger charge is 2.30. The zero-order valence-electron chi connectivity index (χ0n) is 16.4. The summed E-state index contributed by atoms with van der Waals surface area (Å²) in [6.07, 6.45) is -1.65. The zero-order valence-corrected chi connectivity index (χ0v) is 19.5. The molecular weight excluding hydrogens is 530 g/mol. The summed E-state index contributed by atoms with van der Waals surface area (Å²) in [5.41, 5.74) is 1.25. The largest absolute Gasteiger partial charge is 0.416 e. The predicted octanol–water partition coefficient (Wildman–Crippen LogP) is 4.31. The van der Waals surface area contributed by atoms with Gasteiger partial charge < -0.3 is 10.6 Å². The van der Waals surface area contributed by atoms with Crippen LogP contribution >= 0.6 is 35.6 Å². The van der Waals surface area contributed by atoms with Crippen molar-refractivity contribution in [2.45, 2.75) is 31.7 Å². The summed E-state index contributed by atoms with van der Waals surface area (Å²) in [7, 11) is 1.71. The van der Waals surface area contributed by atoms with E-state index >= 15 is 0 Å². The van der Waals surface area contributed by atoms with Gasteiger partial charge in [-0.15, -0.1) is 24.0 Å². The van der Waals surface area contributed by atoms with Gasteiger partial charge >= 0.3 is 6.18 Å². The molecule has 1 aromatic carbocycles. The van der Waals surface area contributed by atoms with Crippen molar-refractivity contribution in [3.05, 3.63) is 64.4 Å². The number of guanidine groups is 1. The maximum atomic E-state index is 12.7. The number of rotatable bonds is 5. The molecule has 3 rings (SSSR count). The van der Waals surface area contributed by atoms with E-state index in [2.05, 4.69) is 25.5 Å². The van der Waals surface area contributed by atoms with E-state index in [-0.39, 0.29) is 30.0 Å². The van der Waals surface area contributed by atoms with Gasteiger partial charge in [0.25, 0.3) is 0 Å². The number of nitrogens with zero attached hydrogens (tertiary/aromatic N) is 3. The number of nitrogens with one attached hydrogen (secondary N) is 2. The summed E-state index contributed by atoms with van der Waals surface area (Å²) < 4.78 is 38.0. The molecule has 0 saturated carbocycles. The van der Waals surface area contributed by atoms with E-state index in [1.54, 1.807) is 31.4 Å². The van der Waals surface area contributed by atoms with Crippen molar-refractivity contribution in [2.75, 3.05) is 20.1 Å². The number of aliphatic imine (C=N–C) groups is 1. The van der Waals surface area contributed by atoms with Gasteiger partial charge in [-0.25, -0.2) is 4.98 Å². The van der Waals surface area contributed by atoms with E-state index in [1.807, 2.05) is 6.07 Å². The maximum Gasteiger partial charge on any atom is 0.416 e. The SMILES string of the molecule is CN=C(NCc1ccc(Cl)nc1)NC1CCN(Cc2ccc(C(F)(F)F)cc2)C1.I. The summed E-state index contributed by atoms with van der Waals surface area (Å²) in [6, 6.07) is 9.23. The molecule has 1 aromatic heterocycles. The third-order valence-electron chi connectivity index (χ3n) is 4.77. The van der Waals surface area contributed by atoms with Gasteiger partial charge in [0.15, 0.2) is 5.96 Å². The Labute approximate surface area is 196 Å². The summed E-state index contributed by atoms with van der Waals surface area (Å²) in [5.74, 6) is 0.696. The minimum Gasteiger partial charge on any atom is -0.352 e. The normalized spacial score (nSPS) is 17.5. The highest BCUT2D eigenvalue weighted by Crippen LogP contribution is 2.29. The van der Waals surface area contributed by atoms with Crippen molar-refractivity contribution in [1.82, 2.24) is 20.5 Å². The molecule has 2 heterocycles. The van der Waals surface area contributed by atoms with Crippen LogP contribution in [0.15, 0.2) is 47.6 Å². The second-order valence-electron chi connectivity index (χ2n) is 6.97. The molecule has 30 heavy (non-hydrogen) atoms. The van der Waals surface area contributed by atoms with E-state index in [4.69, 9.17) is 11.6 Å². The molecule has 0 radical (unpaired) electrons. The first-order valence-corrected chi connectivity index (χ1v) is 9.67. The number of halogens is 5. The monoisotopic (exact) mass is 553 g/mol. The minimum absolute atomic E-state index is 0. The Morgan fingerprint density at radius 2 is 1.90 bits per heavy atom. The summed E-state index contributed by atoms with van der Waals surface area (Å²) in [4.78, 5) is 10.5. The molecular formula is C20H24ClF3IN5. The molecule has 10 heteroatoms. The lowest BCUT2D eigenvalue weighted by Gasteiger charge is -2.19. The van der Waals surface area contributed by atoms with Crippen LogP contribution < -0.4 is 10.6 Å². The van der Waals surface area contributed by atoms with E-state index in [0.717, 1.165) is 42.8 Å². The van der Waals surface area contributed by atoms with Crippen LogP contribution in [0.4, 0.5) is 13.2 Å². The minimum atomic E-state index is -4.30. The molecule has 0 aliphatic carbocycles. The highest BCUT2D eigenvalue weighted by molar-refractivity contribution is 14.0. The highest BCUT2D eigenvalue weighted by atomic mass is 127. The summed E-state index contributed by atoms with van der Waals surface area (Å²) in [5, 5.41) is 7.10. The number of hydrogen-bond donors (Lipinski definition) is 2. The lowest BCUT2D eigenvalue weighted by molar-refractivity contribution is -0.137. The van der Waals surface area contributed by atoms with Crippen LogP contribution in [0.3, 0.4) is 0 Å². The Balaban J connectivity index is 0.00000320. The van der Waals surface area contributed by atoms with Crippen LogP contribution in [0.25, 0.3) is 0 Å². The van der Waals surface area contributed by atoms with E-state index < -0.39 is 11.7 Å². The smallest absolute Gasteiger partial charge is 0.352 e. The Hall–Kier alpha value is -1.59. The second kappa shape index (κ2) is 11.1. The summed E-state index contributed by atoms with van der Waals surface area (Å²) >= 11 is 5.79. The second-order valence-corrected chi connectivity index (χ2v) is 7.36. The Morgan fingerprint density at radius 3 is 2.50 bits per heavy atom. The van der Waals surface area contributed by atoms with Gasteiger partial charge in [0, 0.05) is 45.5 Å². The molecule has 5 nitrogen and oxygen atoms in total. The van der Waals surface area contributed by atoms with Crippen LogP contribution in [0.1, 0.15) is 23.1 Å². The van der Waals surface area contributed by atoms with Gasteiger partial charge in [-0.2, -0.15) is 13.2 Å². The molecule has 0 bridgehead atoms. The third kappa shape index (κ3) is 7.28. The van der Waals surface area contributed by atoms with Gasteiger partial charge in [0.2, 0.25) is 0 Å². The average Bonchev–Trinajstić information content (AvgIpc) is 3.13. The third-order valence-corrected chi connectivity index (χ3v) is 5.00. The van der Waals surface area contributed by atoms with Crippen molar-refractivity contribution in [3.8, 4) is 0 Å². The molecule has 0 spiro atoms. The van der Waals surface area contributed by atoms with Crippen molar-refractivity contribution in [3.63, 3.8) is 0 Å². The lowest BCUT2D eigenvalue weighted by atomic mass is 10.1. The average molecular weight is 554 g/mol. The van der Waals surface area contributed by atoms with Crippen molar-refractivity contribution in [1.29, 1.82) is 0 Å². The fraction of sp³-hybridized carbons (Fsp3) is 0.400. The molecule has 1 atom stereocenters. The first-order valence-electron chi connectivity index (χ1n) is 9.29. The predicted molar refractivity (Wildman–Crippen MR) is 123 cm³/mol.